The van der Waals surface area contributed by atoms with E-state index in [1.807, 2.05) is 42.5 Å². The van der Waals surface area contributed by atoms with E-state index in [0.29, 0.717) is 25.3 Å². The van der Waals surface area contributed by atoms with E-state index in [0.717, 1.165) is 21.5 Å². The van der Waals surface area contributed by atoms with Gasteiger partial charge in [-0.25, -0.2) is 0 Å². The van der Waals surface area contributed by atoms with Crippen molar-refractivity contribution in [1.82, 2.24) is 4.90 Å². The van der Waals surface area contributed by atoms with Gasteiger partial charge in [0.1, 0.15) is 17.2 Å². The van der Waals surface area contributed by atoms with Gasteiger partial charge in [0.05, 0.1) is 27.2 Å². The molecule has 25 heavy (non-hydrogen) atoms. The molecule has 0 heterocycles. The van der Waals surface area contributed by atoms with Gasteiger partial charge in [0.2, 0.25) is 5.91 Å². The van der Waals surface area contributed by atoms with E-state index in [4.69, 9.17) is 14.2 Å². The van der Waals surface area contributed by atoms with Crippen LogP contribution in [-0.2, 0) is 11.3 Å². The Morgan fingerprint density at radius 3 is 2.36 bits per heavy atom. The fourth-order valence-electron chi connectivity index (χ4n) is 2.33. The minimum atomic E-state index is 0.00976. The van der Waals surface area contributed by atoms with E-state index in [1.165, 1.54) is 0 Å². The van der Waals surface area contributed by atoms with Crippen LogP contribution in [-0.4, -0.2) is 38.7 Å². The Balaban J connectivity index is 1.84. The Morgan fingerprint density at radius 1 is 1.04 bits per heavy atom. The number of ether oxygens (including phenoxy) is 3. The third-order valence-electron chi connectivity index (χ3n) is 3.72. The van der Waals surface area contributed by atoms with Gasteiger partial charge < -0.3 is 19.1 Å². The van der Waals surface area contributed by atoms with Gasteiger partial charge in [-0.15, -0.1) is 0 Å². The molecule has 0 saturated heterocycles. The molecule has 0 radical (unpaired) electrons. The van der Waals surface area contributed by atoms with Crippen LogP contribution in [0.25, 0.3) is 0 Å². The zero-order chi connectivity index (χ0) is 18.2. The van der Waals surface area contributed by atoms with Crippen molar-refractivity contribution in [3.05, 3.63) is 52.5 Å². The molecule has 0 aliphatic heterocycles. The lowest BCUT2D eigenvalue weighted by Gasteiger charge is -2.19. The minimum absolute atomic E-state index is 0.00976. The molecule has 134 valence electrons. The second-order valence-corrected chi connectivity index (χ2v) is 6.40. The van der Waals surface area contributed by atoms with Gasteiger partial charge in [0, 0.05) is 23.6 Å². The highest BCUT2D eigenvalue weighted by Crippen LogP contribution is 2.24. The van der Waals surface area contributed by atoms with E-state index < -0.39 is 0 Å². The molecule has 0 N–H and O–H groups in total. The van der Waals surface area contributed by atoms with Gasteiger partial charge in [-0.1, -0.05) is 15.9 Å². The first-order chi connectivity index (χ1) is 12.0. The second-order valence-electron chi connectivity index (χ2n) is 5.48. The smallest absolute Gasteiger partial charge is 0.226 e. The van der Waals surface area contributed by atoms with E-state index in [-0.39, 0.29) is 5.91 Å². The van der Waals surface area contributed by atoms with Crippen molar-refractivity contribution >= 4 is 21.8 Å². The molecule has 0 atom stereocenters. The van der Waals surface area contributed by atoms with Gasteiger partial charge in [-0.05, 0) is 42.5 Å². The van der Waals surface area contributed by atoms with E-state index in [2.05, 4.69) is 15.9 Å². The van der Waals surface area contributed by atoms with Crippen molar-refractivity contribution in [2.75, 3.05) is 27.9 Å². The molecule has 6 heteroatoms. The molecule has 0 bridgehead atoms. The number of amides is 1. The largest absolute Gasteiger partial charge is 0.497 e. The molecule has 5 nitrogen and oxygen atoms in total. The molecular formula is C19H22BrNO4. The Kier molecular flexibility index (Phi) is 7.13. The number of benzene rings is 2. The van der Waals surface area contributed by atoms with Crippen molar-refractivity contribution in [3.63, 3.8) is 0 Å². The van der Waals surface area contributed by atoms with Crippen molar-refractivity contribution < 1.29 is 19.0 Å². The summed E-state index contributed by atoms with van der Waals surface area (Å²) < 4.78 is 17.0. The summed E-state index contributed by atoms with van der Waals surface area (Å²) in [6, 6.07) is 13.0. The van der Waals surface area contributed by atoms with Gasteiger partial charge >= 0.3 is 0 Å². The fourth-order valence-corrected chi connectivity index (χ4v) is 2.74. The Labute approximate surface area is 156 Å². The molecule has 0 unspecified atom stereocenters. The maximum Gasteiger partial charge on any atom is 0.226 e. The summed E-state index contributed by atoms with van der Waals surface area (Å²) in [5.74, 6) is 2.25. The molecule has 2 aromatic carbocycles. The van der Waals surface area contributed by atoms with Crippen LogP contribution < -0.4 is 14.2 Å². The molecule has 0 saturated carbocycles. The molecule has 0 spiro atoms. The van der Waals surface area contributed by atoms with Crippen molar-refractivity contribution in [1.29, 1.82) is 0 Å². The first-order valence-corrected chi connectivity index (χ1v) is 8.66. The van der Waals surface area contributed by atoms with Crippen LogP contribution in [0.2, 0.25) is 0 Å². The van der Waals surface area contributed by atoms with Crippen molar-refractivity contribution in [2.45, 2.75) is 13.0 Å². The van der Waals surface area contributed by atoms with Crippen LogP contribution in [0.15, 0.2) is 46.9 Å². The van der Waals surface area contributed by atoms with Gasteiger partial charge in [-0.3, -0.25) is 4.79 Å². The Morgan fingerprint density at radius 2 is 1.72 bits per heavy atom. The highest BCUT2D eigenvalue weighted by molar-refractivity contribution is 9.10. The predicted octanol–water partition coefficient (Wildman–Crippen LogP) is 3.89. The second kappa shape index (κ2) is 9.32. The predicted molar refractivity (Wildman–Crippen MR) is 100 cm³/mol. The molecule has 0 aliphatic rings. The third kappa shape index (κ3) is 5.67. The number of methoxy groups -OCH3 is 2. The van der Waals surface area contributed by atoms with Gasteiger partial charge in [0.25, 0.3) is 0 Å². The summed E-state index contributed by atoms with van der Waals surface area (Å²) in [5, 5.41) is 0. The lowest BCUT2D eigenvalue weighted by molar-refractivity contribution is -0.130. The molecule has 1 amide bonds. The van der Waals surface area contributed by atoms with Crippen LogP contribution in [0.3, 0.4) is 0 Å². The molecule has 0 aromatic heterocycles. The van der Waals surface area contributed by atoms with E-state index in [1.54, 1.807) is 26.2 Å². The van der Waals surface area contributed by atoms with Crippen LogP contribution in [0.4, 0.5) is 0 Å². The lowest BCUT2D eigenvalue weighted by atomic mass is 10.2. The normalized spacial score (nSPS) is 10.2. The van der Waals surface area contributed by atoms with Crippen molar-refractivity contribution in [3.8, 4) is 17.2 Å². The third-order valence-corrected chi connectivity index (χ3v) is 4.21. The average Bonchev–Trinajstić information content (AvgIpc) is 2.62. The first-order valence-electron chi connectivity index (χ1n) is 7.86. The Hall–Kier alpha value is -2.21. The number of rotatable bonds is 8. The zero-order valence-electron chi connectivity index (χ0n) is 14.6. The van der Waals surface area contributed by atoms with Crippen LogP contribution in [0, 0.1) is 0 Å². The molecule has 2 aromatic rings. The number of hydrogen-bond acceptors (Lipinski definition) is 4. The standard InChI is InChI=1S/C19H22BrNO4/c1-21(13-14-12-15(20)4-9-18(14)24-3)19(22)10-11-25-17-7-5-16(23-2)6-8-17/h4-9,12H,10-11,13H2,1-3H3. The summed E-state index contributed by atoms with van der Waals surface area (Å²) in [6.45, 7) is 0.801. The first kappa shape index (κ1) is 19.1. The number of nitrogens with zero attached hydrogens (tertiary/aromatic N) is 1. The lowest BCUT2D eigenvalue weighted by Crippen LogP contribution is -2.27. The highest BCUT2D eigenvalue weighted by Gasteiger charge is 2.12. The quantitative estimate of drug-likeness (QED) is 0.665. The fraction of sp³-hybridized carbons (Fsp3) is 0.316. The van der Waals surface area contributed by atoms with Gasteiger partial charge in [-0.2, -0.15) is 0 Å². The molecule has 0 aliphatic carbocycles. The van der Waals surface area contributed by atoms with E-state index >= 15 is 0 Å². The topological polar surface area (TPSA) is 48.0 Å². The SMILES string of the molecule is COc1ccc(OCCC(=O)N(C)Cc2cc(Br)ccc2OC)cc1. The monoisotopic (exact) mass is 407 g/mol. The minimum Gasteiger partial charge on any atom is -0.497 e. The molecule has 0 fully saturated rings. The van der Waals surface area contributed by atoms with E-state index in [9.17, 15) is 4.79 Å². The number of halogens is 1. The maximum atomic E-state index is 12.3. The number of carbonyl (C=O) groups excluding carboxylic acids is 1. The van der Waals surface area contributed by atoms with Gasteiger partial charge in [0.15, 0.2) is 0 Å². The summed E-state index contributed by atoms with van der Waals surface area (Å²) in [6.07, 6.45) is 0.304. The van der Waals surface area contributed by atoms with Crippen LogP contribution >= 0.6 is 15.9 Å². The maximum absolute atomic E-state index is 12.3. The summed E-state index contributed by atoms with van der Waals surface area (Å²) in [5.41, 5.74) is 0.948. The van der Waals surface area contributed by atoms with Crippen LogP contribution in [0.1, 0.15) is 12.0 Å². The van der Waals surface area contributed by atoms with Crippen molar-refractivity contribution in [2.24, 2.45) is 0 Å². The summed E-state index contributed by atoms with van der Waals surface area (Å²) >= 11 is 3.44. The molecule has 2 rings (SSSR count). The summed E-state index contributed by atoms with van der Waals surface area (Å²) in [4.78, 5) is 14.0. The summed E-state index contributed by atoms with van der Waals surface area (Å²) in [7, 11) is 5.01. The molecular weight excluding hydrogens is 386 g/mol. The average molecular weight is 408 g/mol. The zero-order valence-corrected chi connectivity index (χ0v) is 16.2. The number of hydrogen-bond donors (Lipinski definition) is 0. The Bertz CT molecular complexity index is 703. The number of carbonyl (C=O) groups is 1. The van der Waals surface area contributed by atoms with Crippen LogP contribution in [0.5, 0.6) is 17.2 Å². The highest BCUT2D eigenvalue weighted by atomic mass is 79.9.